The van der Waals surface area contributed by atoms with Crippen molar-refractivity contribution >= 4 is 21.7 Å². The molecule has 3 atom stereocenters. The molecule has 1 saturated carbocycles. The molecule has 0 aromatic carbocycles. The van der Waals surface area contributed by atoms with Crippen molar-refractivity contribution in [3.8, 4) is 0 Å². The molecule has 1 heterocycles. The van der Waals surface area contributed by atoms with Gasteiger partial charge in [-0.05, 0) is 19.3 Å². The first-order chi connectivity index (χ1) is 9.85. The topological polar surface area (TPSA) is 101 Å². The van der Waals surface area contributed by atoms with Crippen LogP contribution in [0.25, 0.3) is 0 Å². The van der Waals surface area contributed by atoms with Gasteiger partial charge in [0.2, 0.25) is 5.91 Å². The van der Waals surface area contributed by atoms with Crippen LogP contribution >= 0.6 is 0 Å². The van der Waals surface area contributed by atoms with E-state index in [2.05, 4.69) is 0 Å². The second-order valence-corrected chi connectivity index (χ2v) is 7.94. The van der Waals surface area contributed by atoms with Gasteiger partial charge >= 0.3 is 5.97 Å². The van der Waals surface area contributed by atoms with E-state index < -0.39 is 27.6 Å². The van der Waals surface area contributed by atoms with E-state index in [1.807, 2.05) is 0 Å². The Bertz CT molecular complexity index is 517. The van der Waals surface area contributed by atoms with Crippen LogP contribution in [-0.4, -0.2) is 68.1 Å². The fraction of sp³-hybridized carbons (Fsp3) is 0.846. The van der Waals surface area contributed by atoms with E-state index >= 15 is 0 Å². The average molecular weight is 319 g/mol. The lowest BCUT2D eigenvalue weighted by Crippen LogP contribution is -2.51. The van der Waals surface area contributed by atoms with E-state index in [0.717, 1.165) is 0 Å². The molecule has 0 bridgehead atoms. The van der Waals surface area contributed by atoms with Crippen molar-refractivity contribution in [1.29, 1.82) is 0 Å². The van der Waals surface area contributed by atoms with Gasteiger partial charge in [0.25, 0.3) is 0 Å². The molecule has 3 unspecified atom stereocenters. The summed E-state index contributed by atoms with van der Waals surface area (Å²) in [4.78, 5) is 25.1. The number of carbonyl (C=O) groups is 2. The summed E-state index contributed by atoms with van der Waals surface area (Å²) in [7, 11) is -1.58. The smallest absolute Gasteiger partial charge is 0.307 e. The summed E-state index contributed by atoms with van der Waals surface area (Å²) in [5.74, 6) is -2.31. The molecule has 2 rings (SSSR count). The summed E-state index contributed by atoms with van der Waals surface area (Å²) in [6, 6.07) is -0.354. The molecule has 7 nitrogen and oxygen atoms in total. The zero-order valence-electron chi connectivity index (χ0n) is 12.0. The summed E-state index contributed by atoms with van der Waals surface area (Å²) in [5.41, 5.74) is 0. The zero-order chi connectivity index (χ0) is 15.6. The molecule has 2 fully saturated rings. The highest BCUT2D eigenvalue weighted by molar-refractivity contribution is 7.91. The van der Waals surface area contributed by atoms with Crippen molar-refractivity contribution in [2.24, 2.45) is 11.8 Å². The minimum absolute atomic E-state index is 0.0348. The Morgan fingerprint density at radius 2 is 1.90 bits per heavy atom. The maximum absolute atomic E-state index is 12.6. The second-order valence-electron chi connectivity index (χ2n) is 5.71. The highest BCUT2D eigenvalue weighted by Gasteiger charge is 2.45. The molecule has 1 N–H and O–H groups in total. The van der Waals surface area contributed by atoms with Gasteiger partial charge in [0, 0.05) is 19.7 Å². The fourth-order valence-electron chi connectivity index (χ4n) is 2.99. The molecule has 1 saturated heterocycles. The first-order valence-corrected chi connectivity index (χ1v) is 8.90. The van der Waals surface area contributed by atoms with Crippen LogP contribution in [-0.2, 0) is 24.2 Å². The molecule has 1 amide bonds. The first kappa shape index (κ1) is 16.2. The molecule has 0 radical (unpaired) electrons. The van der Waals surface area contributed by atoms with E-state index in [1.54, 1.807) is 0 Å². The molecule has 1 aliphatic carbocycles. The third-order valence-corrected chi connectivity index (χ3v) is 6.13. The molecule has 21 heavy (non-hydrogen) atoms. The van der Waals surface area contributed by atoms with Crippen molar-refractivity contribution in [1.82, 2.24) is 4.90 Å². The number of methoxy groups -OCH3 is 1. The molecule has 0 aromatic heterocycles. The summed E-state index contributed by atoms with van der Waals surface area (Å²) in [6.45, 7) is 0.616. The number of hydrogen-bond donors (Lipinski definition) is 1. The van der Waals surface area contributed by atoms with E-state index in [-0.39, 0.29) is 23.5 Å². The molecular formula is C13H21NO6S. The van der Waals surface area contributed by atoms with Gasteiger partial charge in [-0.25, -0.2) is 8.42 Å². The average Bonchev–Trinajstić information content (AvgIpc) is 2.68. The number of sulfone groups is 1. The summed E-state index contributed by atoms with van der Waals surface area (Å²) >= 11 is 0. The van der Waals surface area contributed by atoms with Gasteiger partial charge in [0.1, 0.15) is 0 Å². The lowest BCUT2D eigenvalue weighted by Gasteiger charge is -2.38. The Kier molecular flexibility index (Phi) is 4.88. The lowest BCUT2D eigenvalue weighted by molar-refractivity contribution is -0.157. The predicted molar refractivity (Wildman–Crippen MR) is 74.5 cm³/mol. The quantitative estimate of drug-likeness (QED) is 0.725. The lowest BCUT2D eigenvalue weighted by atomic mass is 9.72. The molecule has 0 aromatic rings. The van der Waals surface area contributed by atoms with Crippen molar-refractivity contribution in [3.05, 3.63) is 0 Å². The Morgan fingerprint density at radius 3 is 2.33 bits per heavy atom. The largest absolute Gasteiger partial charge is 0.481 e. The molecule has 2 aliphatic rings. The van der Waals surface area contributed by atoms with Crippen LogP contribution in [0.15, 0.2) is 0 Å². The maximum Gasteiger partial charge on any atom is 0.307 e. The van der Waals surface area contributed by atoms with Crippen LogP contribution in [0.4, 0.5) is 0 Å². The molecular weight excluding hydrogens is 298 g/mol. The summed E-state index contributed by atoms with van der Waals surface area (Å²) in [5, 5.41) is 9.07. The van der Waals surface area contributed by atoms with E-state index in [1.165, 1.54) is 12.0 Å². The maximum atomic E-state index is 12.6. The predicted octanol–water partition coefficient (Wildman–Crippen LogP) is -0.241. The summed E-state index contributed by atoms with van der Waals surface area (Å²) < 4.78 is 28.2. The number of carbonyl (C=O) groups excluding carboxylic acids is 1. The number of ether oxygens (including phenoxy) is 1. The Hall–Kier alpha value is -1.15. The van der Waals surface area contributed by atoms with Gasteiger partial charge < -0.3 is 14.7 Å². The number of aliphatic carboxylic acids is 1. The first-order valence-electron chi connectivity index (χ1n) is 7.08. The van der Waals surface area contributed by atoms with E-state index in [4.69, 9.17) is 9.84 Å². The van der Waals surface area contributed by atoms with Crippen molar-refractivity contribution < 1.29 is 27.9 Å². The van der Waals surface area contributed by atoms with Gasteiger partial charge in [-0.3, -0.25) is 9.59 Å². The molecule has 120 valence electrons. The van der Waals surface area contributed by atoms with Crippen LogP contribution < -0.4 is 0 Å². The van der Waals surface area contributed by atoms with Gasteiger partial charge in [0.15, 0.2) is 9.84 Å². The molecule has 1 aliphatic heterocycles. The van der Waals surface area contributed by atoms with Gasteiger partial charge in [-0.15, -0.1) is 0 Å². The van der Waals surface area contributed by atoms with Crippen LogP contribution in [0.1, 0.15) is 19.3 Å². The standard InChI is InChI=1S/C13H21NO6S/c1-20-6-5-14(9-4-7-21(18,19)8-9)12(15)10-2-3-11(10)13(16)17/h9-11H,2-8H2,1H3,(H,16,17). The van der Waals surface area contributed by atoms with Crippen LogP contribution in [0, 0.1) is 11.8 Å². The molecule has 8 heteroatoms. The summed E-state index contributed by atoms with van der Waals surface area (Å²) in [6.07, 6.45) is 1.48. The van der Waals surface area contributed by atoms with E-state index in [0.29, 0.717) is 32.4 Å². The van der Waals surface area contributed by atoms with Crippen molar-refractivity contribution in [3.63, 3.8) is 0 Å². The number of nitrogens with zero attached hydrogens (tertiary/aromatic N) is 1. The fourth-order valence-corrected chi connectivity index (χ4v) is 4.72. The third-order valence-electron chi connectivity index (χ3n) is 4.38. The van der Waals surface area contributed by atoms with Crippen molar-refractivity contribution in [2.45, 2.75) is 25.3 Å². The monoisotopic (exact) mass is 319 g/mol. The van der Waals surface area contributed by atoms with Crippen LogP contribution in [0.3, 0.4) is 0 Å². The van der Waals surface area contributed by atoms with Crippen molar-refractivity contribution in [2.75, 3.05) is 31.8 Å². The Balaban J connectivity index is 2.09. The Labute approximate surface area is 124 Å². The highest BCUT2D eigenvalue weighted by atomic mass is 32.2. The molecule has 0 spiro atoms. The highest BCUT2D eigenvalue weighted by Crippen LogP contribution is 2.36. The van der Waals surface area contributed by atoms with Gasteiger partial charge in [0.05, 0.1) is 29.9 Å². The number of rotatable bonds is 6. The minimum atomic E-state index is -3.09. The SMILES string of the molecule is COCCN(C(=O)C1CCC1C(=O)O)C1CCS(=O)(=O)C1. The van der Waals surface area contributed by atoms with Gasteiger partial charge in [-0.2, -0.15) is 0 Å². The number of carboxylic acids is 1. The second kappa shape index (κ2) is 6.31. The number of amides is 1. The zero-order valence-corrected chi connectivity index (χ0v) is 12.8. The number of carboxylic acid groups (broad SMARTS) is 1. The normalized spacial score (nSPS) is 30.6. The van der Waals surface area contributed by atoms with Crippen LogP contribution in [0.2, 0.25) is 0 Å². The van der Waals surface area contributed by atoms with E-state index in [9.17, 15) is 18.0 Å². The minimum Gasteiger partial charge on any atom is -0.481 e. The number of hydrogen-bond acceptors (Lipinski definition) is 5. The Morgan fingerprint density at radius 1 is 1.24 bits per heavy atom. The third kappa shape index (κ3) is 3.55. The van der Waals surface area contributed by atoms with Crippen LogP contribution in [0.5, 0.6) is 0 Å². The van der Waals surface area contributed by atoms with Gasteiger partial charge in [-0.1, -0.05) is 0 Å².